The maximum atomic E-state index is 13.0. The molecule has 0 saturated heterocycles. The van der Waals surface area contributed by atoms with Gasteiger partial charge in [-0.25, -0.2) is 0 Å². The molecule has 1 unspecified atom stereocenters. The Morgan fingerprint density at radius 2 is 1.73 bits per heavy atom. The summed E-state index contributed by atoms with van der Waals surface area (Å²) in [5.74, 6) is 0.0514. The number of halogens is 2. The summed E-state index contributed by atoms with van der Waals surface area (Å²) in [4.78, 5) is 27.1. The molecule has 0 aliphatic heterocycles. The first-order valence-electron chi connectivity index (χ1n) is 9.82. The van der Waals surface area contributed by atoms with Crippen LogP contribution in [0.25, 0.3) is 0 Å². The number of carbonyl (C=O) groups is 2. The highest BCUT2D eigenvalue weighted by Crippen LogP contribution is 2.23. The standard InChI is InChI=1S/C23H28Cl2N2O3/c1-14(2)26-23(29)17(5)27(12-18-7-8-19(24)11-21(18)25)22(28)13-30-20-9-6-15(3)16(4)10-20/h6-11,14,17H,12-13H2,1-5H3,(H,26,29). The van der Waals surface area contributed by atoms with Crippen molar-refractivity contribution < 1.29 is 14.3 Å². The lowest BCUT2D eigenvalue weighted by atomic mass is 10.1. The lowest BCUT2D eigenvalue weighted by molar-refractivity contribution is -0.142. The zero-order valence-corrected chi connectivity index (χ0v) is 19.5. The zero-order valence-electron chi connectivity index (χ0n) is 18.0. The number of carbonyl (C=O) groups excluding carboxylic acids is 2. The minimum Gasteiger partial charge on any atom is -0.484 e. The summed E-state index contributed by atoms with van der Waals surface area (Å²) in [6.07, 6.45) is 0. The molecule has 0 saturated carbocycles. The molecule has 0 radical (unpaired) electrons. The van der Waals surface area contributed by atoms with Crippen LogP contribution >= 0.6 is 23.2 Å². The predicted octanol–water partition coefficient (Wildman–Crippen LogP) is 4.93. The van der Waals surface area contributed by atoms with E-state index in [0.717, 1.165) is 11.1 Å². The number of nitrogens with one attached hydrogen (secondary N) is 1. The van der Waals surface area contributed by atoms with Crippen LogP contribution in [-0.2, 0) is 16.1 Å². The topological polar surface area (TPSA) is 58.6 Å². The monoisotopic (exact) mass is 450 g/mol. The summed E-state index contributed by atoms with van der Waals surface area (Å²) in [5, 5.41) is 3.79. The molecule has 162 valence electrons. The molecule has 0 aromatic heterocycles. The van der Waals surface area contributed by atoms with E-state index in [2.05, 4.69) is 5.32 Å². The maximum Gasteiger partial charge on any atom is 0.261 e. The van der Waals surface area contributed by atoms with Gasteiger partial charge >= 0.3 is 0 Å². The van der Waals surface area contributed by atoms with E-state index in [9.17, 15) is 9.59 Å². The van der Waals surface area contributed by atoms with Gasteiger partial charge in [0.25, 0.3) is 5.91 Å². The number of aryl methyl sites for hydroxylation is 2. The van der Waals surface area contributed by atoms with Gasteiger partial charge < -0.3 is 15.0 Å². The van der Waals surface area contributed by atoms with Crippen molar-refractivity contribution in [3.63, 3.8) is 0 Å². The smallest absolute Gasteiger partial charge is 0.261 e. The first kappa shape index (κ1) is 24.0. The molecule has 2 amide bonds. The van der Waals surface area contributed by atoms with Gasteiger partial charge in [0.1, 0.15) is 11.8 Å². The van der Waals surface area contributed by atoms with Gasteiger partial charge in [-0.05, 0) is 75.6 Å². The molecule has 5 nitrogen and oxygen atoms in total. The highest BCUT2D eigenvalue weighted by atomic mass is 35.5. The number of hydrogen-bond acceptors (Lipinski definition) is 3. The molecule has 0 aliphatic carbocycles. The highest BCUT2D eigenvalue weighted by molar-refractivity contribution is 6.35. The summed E-state index contributed by atoms with van der Waals surface area (Å²) in [7, 11) is 0. The van der Waals surface area contributed by atoms with Crippen LogP contribution in [-0.4, -0.2) is 35.4 Å². The molecule has 0 spiro atoms. The molecule has 2 aromatic carbocycles. The minimum atomic E-state index is -0.699. The second-order valence-corrected chi connectivity index (χ2v) is 8.48. The Morgan fingerprint density at radius 1 is 1.03 bits per heavy atom. The van der Waals surface area contributed by atoms with E-state index in [1.54, 1.807) is 25.1 Å². The molecule has 30 heavy (non-hydrogen) atoms. The second-order valence-electron chi connectivity index (χ2n) is 7.63. The van der Waals surface area contributed by atoms with Gasteiger partial charge in [0, 0.05) is 22.6 Å². The van der Waals surface area contributed by atoms with Gasteiger partial charge in [-0.1, -0.05) is 35.3 Å². The minimum absolute atomic E-state index is 0.0391. The Bertz CT molecular complexity index is 915. The van der Waals surface area contributed by atoms with Crippen LogP contribution in [0.15, 0.2) is 36.4 Å². The van der Waals surface area contributed by atoms with Crippen molar-refractivity contribution in [1.82, 2.24) is 10.2 Å². The van der Waals surface area contributed by atoms with Crippen LogP contribution in [0.1, 0.15) is 37.5 Å². The van der Waals surface area contributed by atoms with E-state index < -0.39 is 6.04 Å². The van der Waals surface area contributed by atoms with Crippen molar-refractivity contribution in [3.8, 4) is 5.75 Å². The lowest BCUT2D eigenvalue weighted by Gasteiger charge is -2.29. The van der Waals surface area contributed by atoms with Crippen molar-refractivity contribution >= 4 is 35.0 Å². The van der Waals surface area contributed by atoms with Crippen LogP contribution in [0.4, 0.5) is 0 Å². The van der Waals surface area contributed by atoms with E-state index in [0.29, 0.717) is 21.4 Å². The van der Waals surface area contributed by atoms with Crippen molar-refractivity contribution in [2.45, 2.75) is 53.2 Å². The van der Waals surface area contributed by atoms with Crippen molar-refractivity contribution in [3.05, 3.63) is 63.1 Å². The maximum absolute atomic E-state index is 13.0. The van der Waals surface area contributed by atoms with E-state index in [1.165, 1.54) is 4.90 Å². The largest absolute Gasteiger partial charge is 0.484 e. The Morgan fingerprint density at radius 3 is 2.33 bits per heavy atom. The van der Waals surface area contributed by atoms with Crippen LogP contribution in [0.2, 0.25) is 10.0 Å². The Balaban J connectivity index is 2.20. The lowest BCUT2D eigenvalue weighted by Crippen LogP contribution is -2.50. The highest BCUT2D eigenvalue weighted by Gasteiger charge is 2.27. The van der Waals surface area contributed by atoms with Crippen molar-refractivity contribution in [1.29, 1.82) is 0 Å². The summed E-state index contributed by atoms with van der Waals surface area (Å²) in [6.45, 7) is 9.40. The van der Waals surface area contributed by atoms with E-state index >= 15 is 0 Å². The van der Waals surface area contributed by atoms with E-state index in [-0.39, 0.29) is 31.0 Å². The third-order valence-corrected chi connectivity index (χ3v) is 5.38. The molecule has 1 N–H and O–H groups in total. The van der Waals surface area contributed by atoms with E-state index in [1.807, 2.05) is 45.9 Å². The fraction of sp³-hybridized carbons (Fsp3) is 0.391. The summed E-state index contributed by atoms with van der Waals surface area (Å²) < 4.78 is 5.71. The van der Waals surface area contributed by atoms with Crippen molar-refractivity contribution in [2.24, 2.45) is 0 Å². The molecule has 7 heteroatoms. The fourth-order valence-electron chi connectivity index (χ4n) is 2.85. The number of nitrogens with zero attached hydrogens (tertiary/aromatic N) is 1. The molecule has 1 atom stereocenters. The molecular weight excluding hydrogens is 423 g/mol. The van der Waals surface area contributed by atoms with Crippen LogP contribution < -0.4 is 10.1 Å². The average molecular weight is 451 g/mol. The molecule has 0 fully saturated rings. The van der Waals surface area contributed by atoms with Crippen molar-refractivity contribution in [2.75, 3.05) is 6.61 Å². The molecule has 0 heterocycles. The van der Waals surface area contributed by atoms with Gasteiger partial charge in [0.2, 0.25) is 5.91 Å². The van der Waals surface area contributed by atoms with Gasteiger partial charge in [-0.3, -0.25) is 9.59 Å². The van der Waals surface area contributed by atoms with Gasteiger partial charge in [-0.2, -0.15) is 0 Å². The number of hydrogen-bond donors (Lipinski definition) is 1. The predicted molar refractivity (Wildman–Crippen MR) is 121 cm³/mol. The summed E-state index contributed by atoms with van der Waals surface area (Å²) in [6, 6.07) is 9.99. The summed E-state index contributed by atoms with van der Waals surface area (Å²) >= 11 is 12.3. The Labute approximate surface area is 188 Å². The normalized spacial score (nSPS) is 11.9. The quantitative estimate of drug-likeness (QED) is 0.619. The van der Waals surface area contributed by atoms with E-state index in [4.69, 9.17) is 27.9 Å². The van der Waals surface area contributed by atoms with Crippen LogP contribution in [0, 0.1) is 13.8 Å². The summed E-state index contributed by atoms with van der Waals surface area (Å²) in [5.41, 5.74) is 2.92. The molecule has 0 aliphatic rings. The van der Waals surface area contributed by atoms with Gasteiger partial charge in [-0.15, -0.1) is 0 Å². The first-order chi connectivity index (χ1) is 14.1. The van der Waals surface area contributed by atoms with Crippen LogP contribution in [0.5, 0.6) is 5.75 Å². The van der Waals surface area contributed by atoms with Gasteiger partial charge in [0.15, 0.2) is 6.61 Å². The molecular formula is C23H28Cl2N2O3. The zero-order chi connectivity index (χ0) is 22.4. The SMILES string of the molecule is Cc1ccc(OCC(=O)N(Cc2ccc(Cl)cc2Cl)C(C)C(=O)NC(C)C)cc1C. The van der Waals surface area contributed by atoms with Crippen LogP contribution in [0.3, 0.4) is 0 Å². The third kappa shape index (κ3) is 6.64. The molecule has 2 rings (SSSR count). The van der Waals surface area contributed by atoms with Gasteiger partial charge in [0.05, 0.1) is 0 Å². The molecule has 2 aromatic rings. The number of benzene rings is 2. The Kier molecular flexibility index (Phi) is 8.56. The number of ether oxygens (including phenoxy) is 1. The average Bonchev–Trinajstić information content (AvgIpc) is 2.67. The Hall–Kier alpha value is -2.24. The number of rotatable bonds is 8. The fourth-order valence-corrected chi connectivity index (χ4v) is 3.32. The molecule has 0 bridgehead atoms. The first-order valence-corrected chi connectivity index (χ1v) is 10.6. The number of amides is 2. The second kappa shape index (κ2) is 10.7. The third-order valence-electron chi connectivity index (χ3n) is 4.79.